The van der Waals surface area contributed by atoms with Crippen LogP contribution in [0.4, 0.5) is 0 Å². The molecule has 0 bridgehead atoms. The first kappa shape index (κ1) is 14.9. The van der Waals surface area contributed by atoms with Crippen molar-refractivity contribution in [3.63, 3.8) is 0 Å². The maximum atomic E-state index is 2.41. The highest BCUT2D eigenvalue weighted by Gasteiger charge is 2.23. The topological polar surface area (TPSA) is 8.81 Å². The molecular formula is C22H23N2+. The summed E-state index contributed by atoms with van der Waals surface area (Å²) in [6.45, 7) is 6.77. The van der Waals surface area contributed by atoms with Crippen molar-refractivity contribution in [2.75, 3.05) is 0 Å². The molecule has 2 heteroatoms. The van der Waals surface area contributed by atoms with Crippen molar-refractivity contribution >= 4 is 21.9 Å². The average molecular weight is 315 g/mol. The molecule has 0 aliphatic heterocycles. The number of aromatic nitrogens is 2. The lowest BCUT2D eigenvalue weighted by Gasteiger charge is -2.13. The second kappa shape index (κ2) is 5.48. The summed E-state index contributed by atoms with van der Waals surface area (Å²) in [4.78, 5) is 0. The molecule has 0 spiro atoms. The fourth-order valence-corrected chi connectivity index (χ4v) is 3.85. The van der Waals surface area contributed by atoms with E-state index in [1.54, 1.807) is 0 Å². The number of rotatable bonds is 2. The summed E-state index contributed by atoms with van der Waals surface area (Å²) in [6, 6.07) is 19.7. The molecule has 0 unspecified atom stereocenters. The van der Waals surface area contributed by atoms with Crippen LogP contribution in [0.2, 0.25) is 0 Å². The number of nitrogens with zero attached hydrogens (tertiary/aromatic N) is 2. The average Bonchev–Trinajstić information content (AvgIpc) is 2.91. The fourth-order valence-electron chi connectivity index (χ4n) is 3.85. The highest BCUT2D eigenvalue weighted by Crippen LogP contribution is 2.32. The number of hydrogen-bond acceptors (Lipinski definition) is 0. The summed E-state index contributed by atoms with van der Waals surface area (Å²) in [5.74, 6) is 0.520. The second-order valence-corrected chi connectivity index (χ2v) is 6.86. The molecule has 0 atom stereocenters. The lowest BCUT2D eigenvalue weighted by atomic mass is 9.97. The zero-order valence-electron chi connectivity index (χ0n) is 14.7. The van der Waals surface area contributed by atoms with Crippen LogP contribution in [0.5, 0.6) is 0 Å². The van der Waals surface area contributed by atoms with E-state index < -0.39 is 0 Å². The standard InChI is InChI=1S/C22H23N2/c1-15(2)17-10-7-13-20(16(17)3)24-21-12-6-5-9-18(21)19-11-8-14-23(4)22(19)24/h5-15H,1-4H3/q+1. The molecule has 2 aromatic carbocycles. The molecule has 4 rings (SSSR count). The van der Waals surface area contributed by atoms with Crippen molar-refractivity contribution in [2.45, 2.75) is 26.7 Å². The van der Waals surface area contributed by atoms with Crippen molar-refractivity contribution in [1.29, 1.82) is 0 Å². The smallest absolute Gasteiger partial charge is 0.236 e. The Morgan fingerprint density at radius 2 is 1.62 bits per heavy atom. The van der Waals surface area contributed by atoms with Gasteiger partial charge in [0.15, 0.2) is 0 Å². The van der Waals surface area contributed by atoms with Crippen LogP contribution in [0, 0.1) is 6.92 Å². The molecular weight excluding hydrogens is 292 g/mol. The SMILES string of the molecule is Cc1c(C(C)C)cccc1-n1c2ccccc2c2ccc[n+](C)c21. The third-order valence-corrected chi connectivity index (χ3v) is 5.00. The van der Waals surface area contributed by atoms with Crippen LogP contribution in [0.3, 0.4) is 0 Å². The quantitative estimate of drug-likeness (QED) is 0.458. The molecule has 2 nitrogen and oxygen atoms in total. The van der Waals surface area contributed by atoms with E-state index in [2.05, 4.69) is 97.7 Å². The van der Waals surface area contributed by atoms with Crippen LogP contribution >= 0.6 is 0 Å². The van der Waals surface area contributed by atoms with Crippen molar-refractivity contribution in [1.82, 2.24) is 4.57 Å². The van der Waals surface area contributed by atoms with E-state index in [9.17, 15) is 0 Å². The first-order chi connectivity index (χ1) is 11.6. The molecule has 120 valence electrons. The fraction of sp³-hybridized carbons (Fsp3) is 0.227. The molecule has 0 aliphatic carbocycles. The minimum absolute atomic E-state index is 0.520. The number of para-hydroxylation sites is 1. The Kier molecular flexibility index (Phi) is 3.42. The Morgan fingerprint density at radius 3 is 2.42 bits per heavy atom. The molecule has 0 amide bonds. The van der Waals surface area contributed by atoms with Gasteiger partial charge in [-0.1, -0.05) is 38.1 Å². The van der Waals surface area contributed by atoms with Gasteiger partial charge in [0.2, 0.25) is 0 Å². The lowest BCUT2D eigenvalue weighted by Crippen LogP contribution is -2.30. The number of fused-ring (bicyclic) bond motifs is 3. The minimum Gasteiger partial charge on any atom is -0.236 e. The zero-order chi connectivity index (χ0) is 16.8. The molecule has 2 aromatic heterocycles. The summed E-state index contributed by atoms with van der Waals surface area (Å²) in [6.07, 6.45) is 2.12. The summed E-state index contributed by atoms with van der Waals surface area (Å²) >= 11 is 0. The van der Waals surface area contributed by atoms with E-state index in [1.807, 2.05) is 0 Å². The van der Waals surface area contributed by atoms with E-state index in [0.717, 1.165) is 0 Å². The Balaban J connectivity index is 2.19. The third kappa shape index (κ3) is 2.06. The van der Waals surface area contributed by atoms with Crippen LogP contribution in [0.15, 0.2) is 60.8 Å². The van der Waals surface area contributed by atoms with Crippen molar-refractivity contribution in [2.24, 2.45) is 7.05 Å². The molecule has 0 N–H and O–H groups in total. The van der Waals surface area contributed by atoms with Gasteiger partial charge in [-0.05, 0) is 54.3 Å². The molecule has 0 fully saturated rings. The van der Waals surface area contributed by atoms with Gasteiger partial charge in [-0.15, -0.1) is 0 Å². The van der Waals surface area contributed by atoms with Crippen LogP contribution < -0.4 is 4.57 Å². The largest absolute Gasteiger partial charge is 0.294 e. The van der Waals surface area contributed by atoms with Crippen LogP contribution in [0.1, 0.15) is 30.9 Å². The van der Waals surface area contributed by atoms with Gasteiger partial charge in [0.1, 0.15) is 11.2 Å². The molecule has 0 saturated carbocycles. The Labute approximate surface area is 143 Å². The highest BCUT2D eigenvalue weighted by molar-refractivity contribution is 6.06. The van der Waals surface area contributed by atoms with Gasteiger partial charge in [0.05, 0.1) is 18.6 Å². The Bertz CT molecular complexity index is 1050. The maximum absolute atomic E-state index is 2.41. The summed E-state index contributed by atoms with van der Waals surface area (Å²) in [5, 5.41) is 2.60. The van der Waals surface area contributed by atoms with Crippen molar-refractivity contribution in [3.05, 3.63) is 71.9 Å². The van der Waals surface area contributed by atoms with Gasteiger partial charge < -0.3 is 0 Å². The van der Waals surface area contributed by atoms with Gasteiger partial charge >= 0.3 is 0 Å². The molecule has 0 saturated heterocycles. The summed E-state index contributed by atoms with van der Waals surface area (Å²) in [7, 11) is 2.12. The third-order valence-electron chi connectivity index (χ3n) is 5.00. The van der Waals surface area contributed by atoms with Crippen LogP contribution in [-0.2, 0) is 7.05 Å². The van der Waals surface area contributed by atoms with E-state index in [1.165, 1.54) is 38.8 Å². The van der Waals surface area contributed by atoms with Crippen molar-refractivity contribution < 1.29 is 4.57 Å². The van der Waals surface area contributed by atoms with Gasteiger partial charge in [-0.2, -0.15) is 4.57 Å². The number of aryl methyl sites for hydroxylation is 1. The van der Waals surface area contributed by atoms with Gasteiger partial charge in [0, 0.05) is 5.39 Å². The molecule has 4 aromatic rings. The van der Waals surface area contributed by atoms with Crippen LogP contribution in [-0.4, -0.2) is 4.57 Å². The monoisotopic (exact) mass is 315 g/mol. The summed E-state index contributed by atoms with van der Waals surface area (Å²) in [5.41, 5.74) is 6.55. The lowest BCUT2D eigenvalue weighted by molar-refractivity contribution is -0.647. The Morgan fingerprint density at radius 1 is 0.875 bits per heavy atom. The van der Waals surface area contributed by atoms with E-state index in [0.29, 0.717) is 5.92 Å². The minimum atomic E-state index is 0.520. The van der Waals surface area contributed by atoms with E-state index in [4.69, 9.17) is 0 Å². The first-order valence-electron chi connectivity index (χ1n) is 8.57. The van der Waals surface area contributed by atoms with E-state index in [-0.39, 0.29) is 0 Å². The predicted molar refractivity (Wildman–Crippen MR) is 101 cm³/mol. The molecule has 0 aliphatic rings. The van der Waals surface area contributed by atoms with Gasteiger partial charge in [-0.25, -0.2) is 4.57 Å². The zero-order valence-corrected chi connectivity index (χ0v) is 14.7. The second-order valence-electron chi connectivity index (χ2n) is 6.86. The molecule has 24 heavy (non-hydrogen) atoms. The van der Waals surface area contributed by atoms with E-state index >= 15 is 0 Å². The Hall–Kier alpha value is -2.61. The number of pyridine rings is 1. The summed E-state index contributed by atoms with van der Waals surface area (Å²) < 4.78 is 4.63. The highest BCUT2D eigenvalue weighted by atomic mass is 15.1. The maximum Gasteiger partial charge on any atom is 0.294 e. The van der Waals surface area contributed by atoms with Gasteiger partial charge in [0.25, 0.3) is 5.65 Å². The normalized spacial score (nSPS) is 11.7. The predicted octanol–water partition coefficient (Wildman–Crippen LogP) is 5.04. The molecule has 2 heterocycles. The van der Waals surface area contributed by atoms with Crippen LogP contribution in [0.25, 0.3) is 27.6 Å². The van der Waals surface area contributed by atoms with Crippen molar-refractivity contribution in [3.8, 4) is 5.69 Å². The van der Waals surface area contributed by atoms with Gasteiger partial charge in [-0.3, -0.25) is 0 Å². The number of hydrogen-bond donors (Lipinski definition) is 0. The number of benzene rings is 2. The first-order valence-corrected chi connectivity index (χ1v) is 8.57. The molecule has 0 radical (unpaired) electrons.